The molecule has 6 heteroatoms. The Morgan fingerprint density at radius 1 is 1.61 bits per heavy atom. The minimum atomic E-state index is 0.0261. The third-order valence-electron chi connectivity index (χ3n) is 3.10. The van der Waals surface area contributed by atoms with Gasteiger partial charge in [0.05, 0.1) is 0 Å². The van der Waals surface area contributed by atoms with Crippen LogP contribution in [0.3, 0.4) is 0 Å². The fourth-order valence-corrected chi connectivity index (χ4v) is 2.11. The summed E-state index contributed by atoms with van der Waals surface area (Å²) in [7, 11) is 0. The molecule has 1 aromatic rings. The maximum absolute atomic E-state index is 11.9. The van der Waals surface area contributed by atoms with E-state index in [1.54, 1.807) is 30.0 Å². The van der Waals surface area contributed by atoms with Crippen molar-refractivity contribution in [2.45, 2.75) is 13.3 Å². The Labute approximate surface area is 104 Å². The molecule has 18 heavy (non-hydrogen) atoms. The second-order valence-corrected chi connectivity index (χ2v) is 4.46. The second-order valence-electron chi connectivity index (χ2n) is 4.46. The number of aromatic hydroxyl groups is 1. The molecule has 1 atom stereocenters. The summed E-state index contributed by atoms with van der Waals surface area (Å²) in [6.07, 6.45) is 0.402. The number of hydrogen-bond acceptors (Lipinski definition) is 3. The topological polar surface area (TPSA) is 89.3 Å². The van der Waals surface area contributed by atoms with E-state index in [1.807, 2.05) is 0 Å². The van der Waals surface area contributed by atoms with E-state index >= 15 is 0 Å². The number of nitrogens with zero attached hydrogens (tertiary/aromatic N) is 4. The lowest BCUT2D eigenvalue weighted by Crippen LogP contribution is -2.24. The Kier molecular flexibility index (Phi) is 3.39. The van der Waals surface area contributed by atoms with E-state index in [0.29, 0.717) is 19.5 Å². The molecule has 1 heterocycles. The zero-order chi connectivity index (χ0) is 13.1. The van der Waals surface area contributed by atoms with Crippen molar-refractivity contribution in [3.63, 3.8) is 0 Å². The van der Waals surface area contributed by atoms with Crippen molar-refractivity contribution in [2.24, 2.45) is 11.0 Å². The lowest BCUT2D eigenvalue weighted by molar-refractivity contribution is -0.117. The maximum atomic E-state index is 11.9. The molecule has 1 fully saturated rings. The van der Waals surface area contributed by atoms with Gasteiger partial charge in [0.25, 0.3) is 0 Å². The highest BCUT2D eigenvalue weighted by Gasteiger charge is 2.30. The third-order valence-corrected chi connectivity index (χ3v) is 3.10. The molecule has 0 bridgehead atoms. The van der Waals surface area contributed by atoms with Crippen LogP contribution in [-0.4, -0.2) is 24.1 Å². The molecule has 0 radical (unpaired) electrons. The first-order valence-corrected chi connectivity index (χ1v) is 5.72. The molecule has 94 valence electrons. The highest BCUT2D eigenvalue weighted by molar-refractivity contribution is 5.95. The maximum Gasteiger partial charge on any atom is 0.227 e. The van der Waals surface area contributed by atoms with Crippen LogP contribution in [0.4, 0.5) is 5.69 Å². The number of anilines is 1. The zero-order valence-electron chi connectivity index (χ0n) is 10.1. The quantitative estimate of drug-likeness (QED) is 0.504. The van der Waals surface area contributed by atoms with Crippen LogP contribution in [0.2, 0.25) is 0 Å². The summed E-state index contributed by atoms with van der Waals surface area (Å²) in [6, 6.07) is 5.08. The number of carbonyl (C=O) groups excluding carboxylic acids is 1. The second kappa shape index (κ2) is 4.98. The Hall–Kier alpha value is -2.20. The average Bonchev–Trinajstić information content (AvgIpc) is 2.71. The molecule has 0 aliphatic carbocycles. The van der Waals surface area contributed by atoms with Crippen molar-refractivity contribution in [3.05, 3.63) is 34.2 Å². The van der Waals surface area contributed by atoms with Gasteiger partial charge in [0.15, 0.2) is 0 Å². The summed E-state index contributed by atoms with van der Waals surface area (Å²) in [5.74, 6) is 0.316. The molecular weight excluding hydrogens is 232 g/mol. The van der Waals surface area contributed by atoms with Gasteiger partial charge >= 0.3 is 0 Å². The van der Waals surface area contributed by atoms with Gasteiger partial charge in [-0.2, -0.15) is 0 Å². The van der Waals surface area contributed by atoms with Crippen LogP contribution in [0.25, 0.3) is 10.4 Å². The van der Waals surface area contributed by atoms with Gasteiger partial charge in [-0.1, -0.05) is 5.11 Å². The molecule has 1 aromatic carbocycles. The molecule has 6 nitrogen and oxygen atoms in total. The molecule has 1 aliphatic heterocycles. The zero-order valence-corrected chi connectivity index (χ0v) is 10.1. The van der Waals surface area contributed by atoms with Gasteiger partial charge in [-0.3, -0.25) is 4.79 Å². The number of rotatable bonds is 3. The van der Waals surface area contributed by atoms with E-state index in [4.69, 9.17) is 5.53 Å². The number of hydrogen-bond donors (Lipinski definition) is 1. The van der Waals surface area contributed by atoms with Crippen LogP contribution in [0.5, 0.6) is 5.75 Å². The fourth-order valence-electron chi connectivity index (χ4n) is 2.11. The molecule has 1 unspecified atom stereocenters. The van der Waals surface area contributed by atoms with Crippen molar-refractivity contribution >= 4 is 11.6 Å². The first kappa shape index (κ1) is 12.3. The van der Waals surface area contributed by atoms with Gasteiger partial charge in [-0.05, 0) is 42.1 Å². The van der Waals surface area contributed by atoms with E-state index in [0.717, 1.165) is 11.3 Å². The summed E-state index contributed by atoms with van der Waals surface area (Å²) in [4.78, 5) is 16.3. The van der Waals surface area contributed by atoms with Crippen LogP contribution in [-0.2, 0) is 4.79 Å². The molecule has 1 saturated heterocycles. The smallest absolute Gasteiger partial charge is 0.227 e. The minimum absolute atomic E-state index is 0.0261. The largest absolute Gasteiger partial charge is 0.508 e. The Bertz CT molecular complexity index is 523. The van der Waals surface area contributed by atoms with E-state index < -0.39 is 0 Å². The molecule has 0 saturated carbocycles. The van der Waals surface area contributed by atoms with Crippen molar-refractivity contribution < 1.29 is 9.90 Å². The van der Waals surface area contributed by atoms with Gasteiger partial charge in [-0.15, -0.1) is 0 Å². The number of azide groups is 1. The SMILES string of the molecule is Cc1cc(N2CC(CN=[N+]=[N-])CC2=O)ccc1O. The van der Waals surface area contributed by atoms with E-state index in [9.17, 15) is 9.90 Å². The number of aryl methyl sites for hydroxylation is 1. The Balaban J connectivity index is 2.16. The molecule has 2 rings (SSSR count). The lowest BCUT2D eigenvalue weighted by atomic mass is 10.1. The standard InChI is InChI=1S/C12H14N4O2/c1-8-4-10(2-3-11(8)17)16-7-9(5-12(16)18)6-14-15-13/h2-4,9,17H,5-7H2,1H3. The fraction of sp³-hybridized carbons (Fsp3) is 0.417. The van der Waals surface area contributed by atoms with E-state index in [1.165, 1.54) is 0 Å². The average molecular weight is 246 g/mol. The highest BCUT2D eigenvalue weighted by Crippen LogP contribution is 2.28. The molecule has 0 aromatic heterocycles. The normalized spacial score (nSPS) is 18.8. The first-order chi connectivity index (χ1) is 8.61. The molecular formula is C12H14N4O2. The monoisotopic (exact) mass is 246 g/mol. The predicted octanol–water partition coefficient (Wildman–Crippen LogP) is 2.36. The molecule has 0 spiro atoms. The van der Waals surface area contributed by atoms with Gasteiger partial charge < -0.3 is 10.0 Å². The van der Waals surface area contributed by atoms with Crippen molar-refractivity contribution in [2.75, 3.05) is 18.0 Å². The summed E-state index contributed by atoms with van der Waals surface area (Å²) in [5, 5.41) is 13.0. The highest BCUT2D eigenvalue weighted by atomic mass is 16.3. The van der Waals surface area contributed by atoms with Crippen LogP contribution in [0.15, 0.2) is 23.3 Å². The van der Waals surface area contributed by atoms with Gasteiger partial charge in [0, 0.05) is 30.1 Å². The predicted molar refractivity (Wildman–Crippen MR) is 67.3 cm³/mol. The van der Waals surface area contributed by atoms with Gasteiger partial charge in [0.2, 0.25) is 5.91 Å². The lowest BCUT2D eigenvalue weighted by Gasteiger charge is -2.17. The van der Waals surface area contributed by atoms with Crippen molar-refractivity contribution in [1.82, 2.24) is 0 Å². The third kappa shape index (κ3) is 2.38. The van der Waals surface area contributed by atoms with Crippen LogP contribution < -0.4 is 4.90 Å². The van der Waals surface area contributed by atoms with E-state index in [-0.39, 0.29) is 17.6 Å². The summed E-state index contributed by atoms with van der Waals surface area (Å²) < 4.78 is 0. The van der Waals surface area contributed by atoms with Crippen LogP contribution in [0.1, 0.15) is 12.0 Å². The van der Waals surface area contributed by atoms with Gasteiger partial charge in [-0.25, -0.2) is 0 Å². The first-order valence-electron chi connectivity index (χ1n) is 5.72. The summed E-state index contributed by atoms with van der Waals surface area (Å²) >= 11 is 0. The number of amides is 1. The van der Waals surface area contributed by atoms with Crippen molar-refractivity contribution in [3.8, 4) is 5.75 Å². The minimum Gasteiger partial charge on any atom is -0.508 e. The number of phenolic OH excluding ortho intramolecular Hbond substituents is 1. The number of phenols is 1. The van der Waals surface area contributed by atoms with E-state index in [2.05, 4.69) is 10.0 Å². The Morgan fingerprint density at radius 3 is 3.06 bits per heavy atom. The molecule has 1 N–H and O–H groups in total. The van der Waals surface area contributed by atoms with Crippen molar-refractivity contribution in [1.29, 1.82) is 0 Å². The molecule has 1 amide bonds. The summed E-state index contributed by atoms with van der Waals surface area (Å²) in [6.45, 7) is 2.69. The number of carbonyl (C=O) groups is 1. The van der Waals surface area contributed by atoms with Gasteiger partial charge in [0.1, 0.15) is 5.75 Å². The number of benzene rings is 1. The Morgan fingerprint density at radius 2 is 2.39 bits per heavy atom. The summed E-state index contributed by atoms with van der Waals surface area (Å²) in [5.41, 5.74) is 9.79. The van der Waals surface area contributed by atoms with Crippen LogP contribution >= 0.6 is 0 Å². The van der Waals surface area contributed by atoms with Crippen LogP contribution in [0, 0.1) is 12.8 Å². The molecule has 1 aliphatic rings.